The quantitative estimate of drug-likeness (QED) is 0.288. The molecule has 0 bridgehead atoms. The summed E-state index contributed by atoms with van der Waals surface area (Å²) < 4.78 is 43.1. The molecule has 0 saturated carbocycles. The van der Waals surface area contributed by atoms with Gasteiger partial charge in [-0.1, -0.05) is 11.3 Å². The minimum Gasteiger partial charge on any atom is -0.406 e. The molecule has 218 valence electrons. The molecule has 2 aromatic heterocycles. The summed E-state index contributed by atoms with van der Waals surface area (Å²) >= 11 is 0. The van der Waals surface area contributed by atoms with E-state index >= 15 is 0 Å². The summed E-state index contributed by atoms with van der Waals surface area (Å²) in [5.74, 6) is -1.16. The van der Waals surface area contributed by atoms with Crippen molar-refractivity contribution in [3.63, 3.8) is 0 Å². The van der Waals surface area contributed by atoms with Gasteiger partial charge >= 0.3 is 6.36 Å². The monoisotopic (exact) mass is 575 g/mol. The van der Waals surface area contributed by atoms with Gasteiger partial charge in [-0.15, -0.1) is 23.4 Å². The maximum Gasteiger partial charge on any atom is 0.573 e. The maximum atomic E-state index is 12.6. The number of anilines is 2. The number of nitrogens with one attached hydrogen (secondary N) is 3. The minimum atomic E-state index is -4.82. The number of hydrogen-bond acceptors (Lipinski definition) is 10. The Labute approximate surface area is 232 Å². The van der Waals surface area contributed by atoms with Crippen LogP contribution < -0.4 is 25.6 Å². The van der Waals surface area contributed by atoms with E-state index in [1.54, 1.807) is 34.0 Å². The van der Waals surface area contributed by atoms with Crippen molar-refractivity contribution in [2.45, 2.75) is 44.6 Å². The molecular formula is C25H28F3N9O4. The van der Waals surface area contributed by atoms with Crippen molar-refractivity contribution in [1.82, 2.24) is 35.8 Å². The molecule has 2 amide bonds. The van der Waals surface area contributed by atoms with E-state index in [-0.39, 0.29) is 48.6 Å². The number of alkyl halides is 3. The second-order valence-electron chi connectivity index (χ2n) is 9.19. The van der Waals surface area contributed by atoms with Gasteiger partial charge in [-0.2, -0.15) is 5.10 Å². The van der Waals surface area contributed by atoms with E-state index in [1.807, 2.05) is 0 Å². The fourth-order valence-corrected chi connectivity index (χ4v) is 4.09. The molecule has 4 rings (SSSR count). The van der Waals surface area contributed by atoms with Gasteiger partial charge in [0.15, 0.2) is 17.3 Å². The van der Waals surface area contributed by atoms with Crippen LogP contribution >= 0.6 is 0 Å². The van der Waals surface area contributed by atoms with Crippen LogP contribution in [0.1, 0.15) is 35.4 Å². The van der Waals surface area contributed by atoms with Crippen LogP contribution in [0.2, 0.25) is 0 Å². The van der Waals surface area contributed by atoms with Crippen LogP contribution in [0.15, 0.2) is 42.6 Å². The molecule has 0 radical (unpaired) electrons. The number of nitrogens with zero attached hydrogens (tertiary/aromatic N) is 6. The van der Waals surface area contributed by atoms with Gasteiger partial charge in [0, 0.05) is 31.8 Å². The van der Waals surface area contributed by atoms with Gasteiger partial charge in [0.05, 0.1) is 31.1 Å². The Morgan fingerprint density at radius 2 is 1.98 bits per heavy atom. The number of halogens is 3. The van der Waals surface area contributed by atoms with Crippen LogP contribution in [0, 0.1) is 0 Å². The molecule has 1 aliphatic rings. The van der Waals surface area contributed by atoms with E-state index in [4.69, 9.17) is 0 Å². The molecule has 1 atom stereocenters. The number of amides is 2. The maximum absolute atomic E-state index is 12.6. The molecule has 1 aromatic carbocycles. The highest BCUT2D eigenvalue weighted by Crippen LogP contribution is 2.27. The van der Waals surface area contributed by atoms with Crippen LogP contribution in [0.4, 0.5) is 24.7 Å². The number of rotatable bonds is 11. The molecule has 3 heterocycles. The third kappa shape index (κ3) is 8.69. The summed E-state index contributed by atoms with van der Waals surface area (Å²) in [5.41, 5.74) is 1.37. The number of ether oxygens (including phenoxy) is 1. The second kappa shape index (κ2) is 13.2. The number of unbranched alkanes of at least 4 members (excludes halogenated alkanes) is 1. The average molecular weight is 576 g/mol. The first-order valence-corrected chi connectivity index (χ1v) is 12.7. The Bertz CT molecular complexity index is 1360. The van der Waals surface area contributed by atoms with Crippen LogP contribution in [-0.4, -0.2) is 75.5 Å². The molecular weight excluding hydrogens is 547 g/mol. The standard InChI is InChI=1S/C25H28F3N9O4/c1-29-24(40)20-13-37(35-33-20)10-3-2-5-16-8-9-22(34-32-16)31-23(39)12-19-21(38)14-36(15-30-19)17-6-4-7-18(11-17)41-25(26,27)28/h4,6-9,11,13,19,30H,2-3,5,10,12,14-15H2,1H3,(H,29,40)(H,31,34,39). The zero-order valence-electron chi connectivity index (χ0n) is 22.0. The highest BCUT2D eigenvalue weighted by atomic mass is 19.4. The molecule has 16 heteroatoms. The predicted octanol–water partition coefficient (Wildman–Crippen LogP) is 1.68. The van der Waals surface area contributed by atoms with Crippen LogP contribution in [-0.2, 0) is 22.6 Å². The first kappa shape index (κ1) is 29.4. The molecule has 0 spiro atoms. The van der Waals surface area contributed by atoms with Gasteiger partial charge in [0.25, 0.3) is 5.91 Å². The Morgan fingerprint density at radius 1 is 1.15 bits per heavy atom. The summed E-state index contributed by atoms with van der Waals surface area (Å²) in [6, 6.07) is 7.95. The van der Waals surface area contributed by atoms with E-state index < -0.39 is 18.3 Å². The van der Waals surface area contributed by atoms with Gasteiger partial charge in [0.1, 0.15) is 5.75 Å². The van der Waals surface area contributed by atoms with E-state index in [0.717, 1.165) is 18.5 Å². The largest absolute Gasteiger partial charge is 0.573 e. The molecule has 3 N–H and O–H groups in total. The normalized spacial score (nSPS) is 15.5. The van der Waals surface area contributed by atoms with E-state index in [2.05, 4.69) is 41.2 Å². The topological polar surface area (TPSA) is 156 Å². The van der Waals surface area contributed by atoms with Crippen LogP contribution in [0.5, 0.6) is 5.75 Å². The number of aryl methyl sites for hydroxylation is 2. The second-order valence-corrected chi connectivity index (χ2v) is 9.19. The summed E-state index contributed by atoms with van der Waals surface area (Å²) in [4.78, 5) is 38.2. The van der Waals surface area contributed by atoms with Crippen LogP contribution in [0.25, 0.3) is 0 Å². The summed E-state index contributed by atoms with van der Waals surface area (Å²) in [6.45, 7) is 0.664. The summed E-state index contributed by atoms with van der Waals surface area (Å²) in [7, 11) is 1.52. The lowest BCUT2D eigenvalue weighted by Gasteiger charge is -2.33. The van der Waals surface area contributed by atoms with E-state index in [0.29, 0.717) is 18.7 Å². The van der Waals surface area contributed by atoms with Crippen molar-refractivity contribution in [2.24, 2.45) is 0 Å². The molecule has 41 heavy (non-hydrogen) atoms. The van der Waals surface area contributed by atoms with Crippen LogP contribution in [0.3, 0.4) is 0 Å². The van der Waals surface area contributed by atoms with Crippen molar-refractivity contribution in [1.29, 1.82) is 0 Å². The molecule has 1 fully saturated rings. The van der Waals surface area contributed by atoms with Crippen molar-refractivity contribution < 1.29 is 32.3 Å². The molecule has 1 saturated heterocycles. The zero-order valence-corrected chi connectivity index (χ0v) is 22.0. The predicted molar refractivity (Wildman–Crippen MR) is 139 cm³/mol. The van der Waals surface area contributed by atoms with Gasteiger partial charge in [0.2, 0.25) is 5.91 Å². The number of Topliss-reactive ketones (excluding diaryl/α,β-unsaturated/α-hetero) is 1. The van der Waals surface area contributed by atoms with Gasteiger partial charge in [-0.3, -0.25) is 24.4 Å². The number of hydrogen-bond donors (Lipinski definition) is 3. The molecule has 1 unspecified atom stereocenters. The van der Waals surface area contributed by atoms with Gasteiger partial charge in [-0.05, 0) is 43.5 Å². The SMILES string of the molecule is CNC(=O)c1cn(CCCCc2ccc(NC(=O)CC3NCN(c4cccc(OC(F)(F)F)c4)CC3=O)nn2)nn1. The minimum absolute atomic E-state index is 0.0823. The highest BCUT2D eigenvalue weighted by molar-refractivity contribution is 5.97. The lowest BCUT2D eigenvalue weighted by molar-refractivity contribution is -0.274. The average Bonchev–Trinajstić information content (AvgIpc) is 3.41. The van der Waals surface area contributed by atoms with Gasteiger partial charge < -0.3 is 20.3 Å². The Hall–Kier alpha value is -4.60. The smallest absolute Gasteiger partial charge is 0.406 e. The fraction of sp³-hybridized carbons (Fsp3) is 0.400. The lowest BCUT2D eigenvalue weighted by Crippen LogP contribution is -2.55. The summed E-state index contributed by atoms with van der Waals surface area (Å²) in [6.07, 6.45) is -1.15. The Balaban J connectivity index is 1.18. The first-order chi connectivity index (χ1) is 19.6. The van der Waals surface area contributed by atoms with Gasteiger partial charge in [-0.25, -0.2) is 0 Å². The van der Waals surface area contributed by atoms with Crippen molar-refractivity contribution >= 4 is 29.1 Å². The fourth-order valence-electron chi connectivity index (χ4n) is 4.09. The molecule has 1 aliphatic heterocycles. The van der Waals surface area contributed by atoms with Crippen molar-refractivity contribution in [3.05, 3.63) is 54.0 Å². The Morgan fingerprint density at radius 3 is 2.68 bits per heavy atom. The van der Waals surface area contributed by atoms with Crippen molar-refractivity contribution in [2.75, 3.05) is 30.5 Å². The number of carbonyl (C=O) groups is 3. The highest BCUT2D eigenvalue weighted by Gasteiger charge is 2.32. The molecule has 3 aromatic rings. The zero-order chi connectivity index (χ0) is 29.4. The summed E-state index contributed by atoms with van der Waals surface area (Å²) in [5, 5.41) is 23.9. The van der Waals surface area contributed by atoms with E-state index in [1.165, 1.54) is 25.2 Å². The molecule has 13 nitrogen and oxygen atoms in total. The van der Waals surface area contributed by atoms with E-state index in [9.17, 15) is 27.6 Å². The third-order valence-corrected chi connectivity index (χ3v) is 6.13. The number of ketones is 1. The number of aromatic nitrogens is 5. The molecule has 0 aliphatic carbocycles. The third-order valence-electron chi connectivity index (χ3n) is 6.13. The lowest BCUT2D eigenvalue weighted by atomic mass is 10.1. The number of benzene rings is 1. The number of carbonyl (C=O) groups excluding carboxylic acids is 3. The van der Waals surface area contributed by atoms with Crippen molar-refractivity contribution in [3.8, 4) is 5.75 Å². The first-order valence-electron chi connectivity index (χ1n) is 12.7. The Kier molecular flexibility index (Phi) is 9.44.